The van der Waals surface area contributed by atoms with Crippen LogP contribution < -0.4 is 0 Å². The average Bonchev–Trinajstić information content (AvgIpc) is 2.90. The fraction of sp³-hybridized carbons (Fsp3) is 0.241. The molecule has 2 bridgehead atoms. The van der Waals surface area contributed by atoms with Gasteiger partial charge >= 0.3 is 0 Å². The normalized spacial score (nSPS) is 21.3. The lowest BCUT2D eigenvalue weighted by atomic mass is 9.80. The molecule has 0 aromatic heterocycles. The van der Waals surface area contributed by atoms with E-state index in [9.17, 15) is 8.42 Å². The summed E-state index contributed by atoms with van der Waals surface area (Å²) >= 11 is 0. The third-order valence-electron chi connectivity index (χ3n) is 6.66. The van der Waals surface area contributed by atoms with Crippen molar-refractivity contribution in [3.8, 4) is 0 Å². The number of fused-ring (bicyclic) bond motifs is 1. The summed E-state index contributed by atoms with van der Waals surface area (Å²) < 4.78 is 40.4. The summed E-state index contributed by atoms with van der Waals surface area (Å²) in [5, 5.41) is 0. The Hall–Kier alpha value is -3.15. The van der Waals surface area contributed by atoms with Crippen LogP contribution in [0.2, 0.25) is 0 Å². The number of hydrogen-bond acceptors (Lipinski definition) is 4. The van der Waals surface area contributed by atoms with Crippen LogP contribution in [0.3, 0.4) is 0 Å². The summed E-state index contributed by atoms with van der Waals surface area (Å²) in [7, 11) is -2.04. The first kappa shape index (κ1) is 22.6. The summed E-state index contributed by atoms with van der Waals surface area (Å²) in [5.41, 5.74) is 1.91. The van der Waals surface area contributed by atoms with Crippen LogP contribution in [0.25, 0.3) is 0 Å². The van der Waals surface area contributed by atoms with Crippen LogP contribution in [-0.4, -0.2) is 15.5 Å². The average molecular weight is 473 g/mol. The maximum Gasteiger partial charge on any atom is 0.206 e. The van der Waals surface area contributed by atoms with Crippen LogP contribution in [0.1, 0.15) is 36.2 Å². The van der Waals surface area contributed by atoms with Crippen molar-refractivity contribution in [2.75, 3.05) is 7.11 Å². The molecule has 6 rings (SSSR count). The maximum absolute atomic E-state index is 13.8. The van der Waals surface area contributed by atoms with Gasteiger partial charge in [0, 0.05) is 18.9 Å². The SMILES string of the molecule is CO[C@H](c1ccccc1)[C@H](OC1=C(S(=O)(=O)c2ccccc2)[C@@H]2C=C[C@H]1CC2)c1ccccc1. The van der Waals surface area contributed by atoms with Crippen molar-refractivity contribution >= 4 is 9.84 Å². The third-order valence-corrected chi connectivity index (χ3v) is 8.64. The van der Waals surface area contributed by atoms with Gasteiger partial charge in [0.25, 0.3) is 0 Å². The summed E-state index contributed by atoms with van der Waals surface area (Å²) in [4.78, 5) is 0.691. The molecule has 0 N–H and O–H groups in total. The van der Waals surface area contributed by atoms with Crippen LogP contribution in [0.4, 0.5) is 0 Å². The van der Waals surface area contributed by atoms with Crippen molar-refractivity contribution < 1.29 is 17.9 Å². The predicted octanol–water partition coefficient (Wildman–Crippen LogP) is 6.41. The number of sulfone groups is 1. The van der Waals surface area contributed by atoms with Gasteiger partial charge in [-0.15, -0.1) is 0 Å². The summed E-state index contributed by atoms with van der Waals surface area (Å²) in [6.45, 7) is 0. The Bertz CT molecular complexity index is 1280. The maximum atomic E-state index is 13.8. The molecule has 5 heteroatoms. The van der Waals surface area contributed by atoms with E-state index in [1.807, 2.05) is 72.8 Å². The van der Waals surface area contributed by atoms with Gasteiger partial charge in [-0.05, 0) is 36.1 Å². The molecule has 4 atom stereocenters. The van der Waals surface area contributed by atoms with E-state index in [4.69, 9.17) is 9.47 Å². The van der Waals surface area contributed by atoms with Crippen molar-refractivity contribution in [3.63, 3.8) is 0 Å². The highest BCUT2D eigenvalue weighted by atomic mass is 32.2. The van der Waals surface area contributed by atoms with Crippen molar-refractivity contribution in [2.45, 2.75) is 29.9 Å². The van der Waals surface area contributed by atoms with E-state index in [1.54, 1.807) is 31.4 Å². The Labute approximate surface area is 201 Å². The van der Waals surface area contributed by atoms with Crippen molar-refractivity contribution in [3.05, 3.63) is 125 Å². The number of hydrogen-bond donors (Lipinski definition) is 0. The van der Waals surface area contributed by atoms with E-state index in [2.05, 4.69) is 6.08 Å². The molecule has 174 valence electrons. The molecule has 4 nitrogen and oxygen atoms in total. The molecular weight excluding hydrogens is 444 g/mol. The number of methoxy groups -OCH3 is 1. The first-order valence-electron chi connectivity index (χ1n) is 11.6. The highest BCUT2D eigenvalue weighted by Crippen LogP contribution is 2.48. The lowest BCUT2D eigenvalue weighted by Gasteiger charge is -2.38. The first-order valence-corrected chi connectivity index (χ1v) is 13.1. The topological polar surface area (TPSA) is 52.6 Å². The largest absolute Gasteiger partial charge is 0.485 e. The highest BCUT2D eigenvalue weighted by molar-refractivity contribution is 7.95. The standard InChI is InChI=1S/C29H28O4S/c1-32-26(21-11-5-2-6-12-21)27(22-13-7-3-8-14-22)33-28-23-17-19-24(20-18-23)29(28)34(30,31)25-15-9-4-10-16-25/h2-17,19,23-24,26-27H,18,20H2,1H3/t23-,24+,26+,27+/m0/s1. The molecule has 0 saturated heterocycles. The molecule has 0 spiro atoms. The monoisotopic (exact) mass is 472 g/mol. The zero-order chi connectivity index (χ0) is 23.5. The molecule has 0 heterocycles. The predicted molar refractivity (Wildman–Crippen MR) is 132 cm³/mol. The van der Waals surface area contributed by atoms with Gasteiger partial charge in [-0.25, -0.2) is 8.42 Å². The molecule has 3 aliphatic carbocycles. The van der Waals surface area contributed by atoms with Crippen LogP contribution in [0.15, 0.2) is 119 Å². The molecule has 3 aliphatic rings. The van der Waals surface area contributed by atoms with E-state index >= 15 is 0 Å². The zero-order valence-corrected chi connectivity index (χ0v) is 19.9. The van der Waals surface area contributed by atoms with Gasteiger partial charge in [0.05, 0.1) is 9.80 Å². The highest BCUT2D eigenvalue weighted by Gasteiger charge is 2.42. The molecule has 0 unspecified atom stereocenters. The second-order valence-electron chi connectivity index (χ2n) is 8.74. The van der Waals surface area contributed by atoms with E-state index in [0.29, 0.717) is 15.6 Å². The van der Waals surface area contributed by atoms with Crippen molar-refractivity contribution in [1.29, 1.82) is 0 Å². The molecule has 0 fully saturated rings. The minimum absolute atomic E-state index is 0.0713. The molecule has 0 amide bonds. The molecule has 3 aromatic carbocycles. The lowest BCUT2D eigenvalue weighted by Crippen LogP contribution is -2.30. The van der Waals surface area contributed by atoms with Crippen molar-refractivity contribution in [2.24, 2.45) is 11.8 Å². The Morgan fingerprint density at radius 3 is 1.74 bits per heavy atom. The van der Waals surface area contributed by atoms with Crippen molar-refractivity contribution in [1.82, 2.24) is 0 Å². The molecule has 34 heavy (non-hydrogen) atoms. The van der Waals surface area contributed by atoms with Gasteiger partial charge in [0.2, 0.25) is 9.84 Å². The Balaban J connectivity index is 1.63. The fourth-order valence-corrected chi connectivity index (χ4v) is 6.82. The van der Waals surface area contributed by atoms with Crippen LogP contribution in [0, 0.1) is 11.8 Å². The fourth-order valence-electron chi connectivity index (χ4n) is 4.99. The van der Waals surface area contributed by atoms with Gasteiger partial charge in [-0.1, -0.05) is 91.0 Å². The Morgan fingerprint density at radius 2 is 1.21 bits per heavy atom. The van der Waals surface area contributed by atoms with Crippen LogP contribution >= 0.6 is 0 Å². The minimum Gasteiger partial charge on any atom is -0.485 e. The third kappa shape index (κ3) is 4.22. The lowest BCUT2D eigenvalue weighted by molar-refractivity contribution is -0.0417. The number of benzene rings is 3. The van der Waals surface area contributed by atoms with E-state index in [-0.39, 0.29) is 11.8 Å². The second kappa shape index (κ2) is 9.61. The number of rotatable bonds is 8. The van der Waals surface area contributed by atoms with E-state index in [1.165, 1.54) is 0 Å². The van der Waals surface area contributed by atoms with E-state index < -0.39 is 22.0 Å². The van der Waals surface area contributed by atoms with E-state index in [0.717, 1.165) is 24.0 Å². The number of ether oxygens (including phenoxy) is 2. The summed E-state index contributed by atoms with van der Waals surface area (Å²) in [6.07, 6.45) is 4.89. The second-order valence-corrected chi connectivity index (χ2v) is 10.7. The molecule has 0 radical (unpaired) electrons. The molecule has 0 saturated carbocycles. The molecular formula is C29H28O4S. The zero-order valence-electron chi connectivity index (χ0n) is 19.1. The molecule has 0 aliphatic heterocycles. The smallest absolute Gasteiger partial charge is 0.206 e. The quantitative estimate of drug-likeness (QED) is 0.355. The van der Waals surface area contributed by atoms with Gasteiger partial charge in [0.1, 0.15) is 11.9 Å². The minimum atomic E-state index is -3.70. The number of allylic oxidation sites excluding steroid dienone is 3. The summed E-state index contributed by atoms with van der Waals surface area (Å²) in [5.74, 6) is 0.298. The first-order chi connectivity index (χ1) is 16.6. The van der Waals surface area contributed by atoms with Gasteiger partial charge in [0.15, 0.2) is 6.10 Å². The van der Waals surface area contributed by atoms with Gasteiger partial charge in [-0.3, -0.25) is 0 Å². The van der Waals surface area contributed by atoms with Gasteiger partial charge in [-0.2, -0.15) is 0 Å². The summed E-state index contributed by atoms with van der Waals surface area (Å²) in [6, 6.07) is 28.5. The Morgan fingerprint density at radius 1 is 0.706 bits per heavy atom. The van der Waals surface area contributed by atoms with Gasteiger partial charge < -0.3 is 9.47 Å². The Kier molecular flexibility index (Phi) is 6.40. The van der Waals surface area contributed by atoms with Crippen LogP contribution in [0.5, 0.6) is 0 Å². The van der Waals surface area contributed by atoms with Crippen LogP contribution in [-0.2, 0) is 19.3 Å². The molecule has 3 aromatic rings.